The van der Waals surface area contributed by atoms with Crippen LogP contribution >= 0.6 is 11.3 Å². The molecule has 1 N–H and O–H groups in total. The molecule has 1 aromatic heterocycles. The molecule has 3 atom stereocenters. The van der Waals surface area contributed by atoms with Crippen molar-refractivity contribution in [3.63, 3.8) is 0 Å². The van der Waals surface area contributed by atoms with Crippen LogP contribution < -0.4 is 5.32 Å². The van der Waals surface area contributed by atoms with Crippen LogP contribution in [-0.4, -0.2) is 64.4 Å². The molecule has 3 aliphatic rings. The van der Waals surface area contributed by atoms with Gasteiger partial charge in [0.2, 0.25) is 5.91 Å². The highest BCUT2D eigenvalue weighted by Crippen LogP contribution is 2.44. The molecule has 0 aliphatic carbocycles. The van der Waals surface area contributed by atoms with Crippen LogP contribution in [0, 0.1) is 18.8 Å². The Morgan fingerprint density at radius 2 is 2.15 bits per heavy atom. The minimum absolute atomic E-state index is 0.0929. The van der Waals surface area contributed by atoms with Gasteiger partial charge in [-0.15, -0.1) is 11.3 Å². The Labute approximate surface area is 165 Å². The SMILES string of the molecule is CCCC(C)N1C[C@H]2C(=O)NC3(CCN(C(=O)c4scnc4C)CC3)[C@H]2C1. The predicted molar refractivity (Wildman–Crippen MR) is 106 cm³/mol. The molecule has 0 aromatic carbocycles. The second-order valence-corrected chi connectivity index (χ2v) is 9.36. The number of amides is 2. The minimum atomic E-state index is -0.123. The summed E-state index contributed by atoms with van der Waals surface area (Å²) in [6.07, 6.45) is 4.09. The van der Waals surface area contributed by atoms with Crippen LogP contribution in [0.3, 0.4) is 0 Å². The number of thiazole rings is 1. The zero-order valence-corrected chi connectivity index (χ0v) is 17.3. The standard InChI is InChI=1S/C20H30N4O2S/c1-4-5-13(2)24-10-15-16(11-24)20(22-18(15)25)6-8-23(9-7-20)19(26)17-14(3)21-12-27-17/h12-13,15-16H,4-11H2,1-3H3,(H,22,25)/t13?,15-,16+/m1/s1. The monoisotopic (exact) mass is 390 g/mol. The van der Waals surface area contributed by atoms with E-state index in [0.29, 0.717) is 25.0 Å². The van der Waals surface area contributed by atoms with Crippen LogP contribution in [0.2, 0.25) is 0 Å². The summed E-state index contributed by atoms with van der Waals surface area (Å²) in [7, 11) is 0. The van der Waals surface area contributed by atoms with Gasteiger partial charge in [-0.1, -0.05) is 13.3 Å². The van der Waals surface area contributed by atoms with E-state index in [4.69, 9.17) is 0 Å². The molecule has 1 unspecified atom stereocenters. The van der Waals surface area contributed by atoms with Gasteiger partial charge in [-0.25, -0.2) is 4.98 Å². The predicted octanol–water partition coefficient (Wildman–Crippen LogP) is 2.29. The number of fused-ring (bicyclic) bond motifs is 2. The number of carbonyl (C=O) groups excluding carboxylic acids is 2. The zero-order valence-electron chi connectivity index (χ0n) is 16.5. The lowest BCUT2D eigenvalue weighted by atomic mass is 9.75. The first kappa shape index (κ1) is 18.9. The molecular formula is C20H30N4O2S. The molecule has 0 saturated carbocycles. The lowest BCUT2D eigenvalue weighted by Crippen LogP contribution is -2.56. The maximum absolute atomic E-state index is 12.8. The number of carbonyl (C=O) groups is 2. The Morgan fingerprint density at radius 3 is 2.78 bits per heavy atom. The average Bonchev–Trinajstić information content (AvgIpc) is 3.33. The van der Waals surface area contributed by atoms with Crippen molar-refractivity contribution >= 4 is 23.2 Å². The Morgan fingerprint density at radius 1 is 1.41 bits per heavy atom. The average molecular weight is 391 g/mol. The third kappa shape index (κ3) is 3.18. The molecule has 0 bridgehead atoms. The van der Waals surface area contributed by atoms with Crippen LogP contribution in [0.15, 0.2) is 5.51 Å². The molecule has 1 aromatic rings. The lowest BCUT2D eigenvalue weighted by molar-refractivity contribution is -0.123. The van der Waals surface area contributed by atoms with Crippen molar-refractivity contribution in [3.8, 4) is 0 Å². The van der Waals surface area contributed by atoms with Gasteiger partial charge in [0.25, 0.3) is 5.91 Å². The summed E-state index contributed by atoms with van der Waals surface area (Å²) in [5, 5.41) is 3.36. The van der Waals surface area contributed by atoms with Crippen molar-refractivity contribution in [2.45, 2.75) is 58.0 Å². The molecule has 1 spiro atoms. The fourth-order valence-corrected chi connectivity index (χ4v) is 6.08. The van der Waals surface area contributed by atoms with E-state index in [-0.39, 0.29) is 23.3 Å². The summed E-state index contributed by atoms with van der Waals surface area (Å²) in [5.41, 5.74) is 2.43. The number of aromatic nitrogens is 1. The molecule has 4 heterocycles. The number of nitrogens with zero attached hydrogens (tertiary/aromatic N) is 3. The van der Waals surface area contributed by atoms with Crippen LogP contribution in [0.5, 0.6) is 0 Å². The van der Waals surface area contributed by atoms with Gasteiger partial charge in [0.05, 0.1) is 17.1 Å². The Balaban J connectivity index is 1.44. The normalized spacial score (nSPS) is 28.4. The van der Waals surface area contributed by atoms with Crippen molar-refractivity contribution < 1.29 is 9.59 Å². The first-order valence-corrected chi connectivity index (χ1v) is 11.1. The van der Waals surface area contributed by atoms with Gasteiger partial charge in [0.1, 0.15) is 4.88 Å². The number of hydrogen-bond donors (Lipinski definition) is 1. The number of piperidine rings is 1. The molecule has 27 heavy (non-hydrogen) atoms. The van der Waals surface area contributed by atoms with Crippen LogP contribution in [0.4, 0.5) is 0 Å². The maximum atomic E-state index is 12.8. The molecule has 6 nitrogen and oxygen atoms in total. The number of aryl methyl sites for hydroxylation is 1. The first-order chi connectivity index (χ1) is 12.9. The zero-order chi connectivity index (χ0) is 19.2. The van der Waals surface area contributed by atoms with Crippen LogP contribution in [-0.2, 0) is 4.79 Å². The van der Waals surface area contributed by atoms with Crippen LogP contribution in [0.25, 0.3) is 0 Å². The van der Waals surface area contributed by atoms with Gasteiger partial charge < -0.3 is 10.2 Å². The molecule has 3 saturated heterocycles. The number of likely N-dealkylation sites (tertiary alicyclic amines) is 2. The summed E-state index contributed by atoms with van der Waals surface area (Å²) >= 11 is 1.42. The van der Waals surface area contributed by atoms with Crippen molar-refractivity contribution in [1.82, 2.24) is 20.1 Å². The summed E-state index contributed by atoms with van der Waals surface area (Å²) in [5.74, 6) is 0.821. The fourth-order valence-electron chi connectivity index (χ4n) is 5.31. The highest BCUT2D eigenvalue weighted by molar-refractivity contribution is 7.11. The fraction of sp³-hybridized carbons (Fsp3) is 0.750. The Kier molecular flexibility index (Phi) is 5.01. The molecule has 7 heteroatoms. The number of hydrogen-bond acceptors (Lipinski definition) is 5. The highest BCUT2D eigenvalue weighted by atomic mass is 32.1. The van der Waals surface area contributed by atoms with Crippen molar-refractivity contribution in [1.29, 1.82) is 0 Å². The van der Waals surface area contributed by atoms with Gasteiger partial charge in [-0.3, -0.25) is 14.5 Å². The minimum Gasteiger partial charge on any atom is -0.350 e. The van der Waals surface area contributed by atoms with Crippen molar-refractivity contribution in [2.75, 3.05) is 26.2 Å². The van der Waals surface area contributed by atoms with E-state index in [9.17, 15) is 9.59 Å². The quantitative estimate of drug-likeness (QED) is 0.857. The molecule has 2 amide bonds. The van der Waals surface area contributed by atoms with E-state index >= 15 is 0 Å². The molecule has 148 valence electrons. The third-order valence-corrected chi connectivity index (χ3v) is 7.90. The Hall–Kier alpha value is -1.47. The lowest BCUT2D eigenvalue weighted by Gasteiger charge is -2.43. The van der Waals surface area contributed by atoms with E-state index in [1.807, 2.05) is 11.8 Å². The smallest absolute Gasteiger partial charge is 0.265 e. The van der Waals surface area contributed by atoms with Gasteiger partial charge in [0.15, 0.2) is 0 Å². The summed E-state index contributed by atoms with van der Waals surface area (Å²) < 4.78 is 0. The molecule has 0 radical (unpaired) electrons. The van der Waals surface area contributed by atoms with Gasteiger partial charge in [-0.2, -0.15) is 0 Å². The summed E-state index contributed by atoms with van der Waals surface area (Å²) in [4.78, 5) is 34.9. The molecule has 3 fully saturated rings. The number of rotatable bonds is 4. The molecular weight excluding hydrogens is 360 g/mol. The van der Waals surface area contributed by atoms with Crippen molar-refractivity contribution in [3.05, 3.63) is 16.1 Å². The van der Waals surface area contributed by atoms with E-state index in [1.165, 1.54) is 24.2 Å². The molecule has 4 rings (SSSR count). The largest absolute Gasteiger partial charge is 0.350 e. The van der Waals surface area contributed by atoms with Gasteiger partial charge in [-0.05, 0) is 33.1 Å². The van der Waals surface area contributed by atoms with Crippen molar-refractivity contribution in [2.24, 2.45) is 11.8 Å². The topological polar surface area (TPSA) is 65.5 Å². The van der Waals surface area contributed by atoms with Crippen LogP contribution in [0.1, 0.15) is 54.9 Å². The summed E-state index contributed by atoms with van der Waals surface area (Å²) in [6.45, 7) is 9.72. The second-order valence-electron chi connectivity index (χ2n) is 8.51. The Bertz CT molecular complexity index is 725. The van der Waals surface area contributed by atoms with E-state index in [0.717, 1.165) is 36.5 Å². The van der Waals surface area contributed by atoms with Gasteiger partial charge >= 0.3 is 0 Å². The second kappa shape index (κ2) is 7.17. The number of nitrogens with one attached hydrogen (secondary N) is 1. The van der Waals surface area contributed by atoms with E-state index in [1.54, 1.807) is 5.51 Å². The summed E-state index contributed by atoms with van der Waals surface area (Å²) in [6, 6.07) is 0.543. The first-order valence-electron chi connectivity index (χ1n) is 10.2. The van der Waals surface area contributed by atoms with Gasteiger partial charge in [0, 0.05) is 43.7 Å². The van der Waals surface area contributed by atoms with E-state index < -0.39 is 0 Å². The van der Waals surface area contributed by atoms with E-state index in [2.05, 4.69) is 29.0 Å². The third-order valence-electron chi connectivity index (χ3n) is 6.98. The molecule has 3 aliphatic heterocycles. The maximum Gasteiger partial charge on any atom is 0.265 e. The highest BCUT2D eigenvalue weighted by Gasteiger charge is 2.57.